The van der Waals surface area contributed by atoms with Crippen LogP contribution in [0, 0.1) is 6.92 Å². The number of rotatable bonds is 9. The minimum atomic E-state index is -0.961. The van der Waals surface area contributed by atoms with E-state index >= 15 is 0 Å². The van der Waals surface area contributed by atoms with E-state index < -0.39 is 30.3 Å². The molecule has 8 heteroatoms. The Morgan fingerprint density at radius 2 is 1.88 bits per heavy atom. The van der Waals surface area contributed by atoms with Crippen molar-refractivity contribution in [2.75, 3.05) is 26.2 Å². The second kappa shape index (κ2) is 8.98. The van der Waals surface area contributed by atoms with Crippen LogP contribution in [0.15, 0.2) is 24.3 Å². The molecule has 1 saturated heterocycles. The molecule has 5 amide bonds. The van der Waals surface area contributed by atoms with E-state index in [0.717, 1.165) is 16.9 Å². The molecular weight excluding hydrogens is 338 g/mol. The Morgan fingerprint density at radius 3 is 2.58 bits per heavy atom. The van der Waals surface area contributed by atoms with Crippen LogP contribution in [0.5, 0.6) is 5.75 Å². The van der Waals surface area contributed by atoms with Gasteiger partial charge in [-0.1, -0.05) is 25.5 Å². The summed E-state index contributed by atoms with van der Waals surface area (Å²) < 4.78 is 5.50. The van der Waals surface area contributed by atoms with Crippen LogP contribution in [0.1, 0.15) is 25.3 Å². The van der Waals surface area contributed by atoms with Crippen LogP contribution in [0.4, 0.5) is 4.79 Å². The highest BCUT2D eigenvalue weighted by atomic mass is 16.5. The summed E-state index contributed by atoms with van der Waals surface area (Å²) in [6.45, 7) is 4.04. The summed E-state index contributed by atoms with van der Waals surface area (Å²) in [5, 5.41) is 2.57. The number of aryl methyl sites for hydroxylation is 1. The fourth-order valence-corrected chi connectivity index (χ4v) is 2.47. The molecular formula is C18H23N3O5. The fourth-order valence-electron chi connectivity index (χ4n) is 2.47. The maximum absolute atomic E-state index is 12.1. The van der Waals surface area contributed by atoms with Crippen LogP contribution in [-0.4, -0.2) is 59.8 Å². The smallest absolute Gasteiger partial charge is 0.334 e. The number of carbonyl (C=O) groups is 4. The van der Waals surface area contributed by atoms with Gasteiger partial charge < -0.3 is 10.1 Å². The number of benzene rings is 1. The number of unbranched alkanes of at least 4 members (excludes halogenated alkanes) is 1. The lowest BCUT2D eigenvalue weighted by Gasteiger charge is -2.15. The van der Waals surface area contributed by atoms with Crippen molar-refractivity contribution in [3.63, 3.8) is 0 Å². The molecule has 0 radical (unpaired) electrons. The summed E-state index contributed by atoms with van der Waals surface area (Å²) in [6, 6.07) is 6.77. The summed E-state index contributed by atoms with van der Waals surface area (Å²) >= 11 is 0. The average Bonchev–Trinajstić information content (AvgIpc) is 2.81. The molecule has 0 bridgehead atoms. The van der Waals surface area contributed by atoms with E-state index in [1.54, 1.807) is 0 Å². The zero-order valence-electron chi connectivity index (χ0n) is 15.0. The molecule has 0 saturated carbocycles. The molecule has 8 nitrogen and oxygen atoms in total. The van der Waals surface area contributed by atoms with Gasteiger partial charge in [0.05, 0.1) is 6.54 Å². The molecule has 1 aliphatic rings. The number of ether oxygens (including phenoxy) is 1. The third kappa shape index (κ3) is 4.81. The summed E-state index contributed by atoms with van der Waals surface area (Å²) in [5.41, 5.74) is 1.06. The number of carbonyl (C=O) groups excluding carboxylic acids is 4. The number of hydrogen-bond acceptors (Lipinski definition) is 5. The van der Waals surface area contributed by atoms with Gasteiger partial charge in [-0.3, -0.25) is 19.3 Å². The molecule has 1 aromatic carbocycles. The molecule has 1 heterocycles. The van der Waals surface area contributed by atoms with Crippen molar-refractivity contribution < 1.29 is 23.9 Å². The van der Waals surface area contributed by atoms with Crippen LogP contribution in [0.3, 0.4) is 0 Å². The summed E-state index contributed by atoms with van der Waals surface area (Å²) in [7, 11) is 0. The quantitative estimate of drug-likeness (QED) is 0.403. The number of nitrogens with zero attached hydrogens (tertiary/aromatic N) is 2. The predicted octanol–water partition coefficient (Wildman–Crippen LogP) is 1.08. The van der Waals surface area contributed by atoms with E-state index in [0.29, 0.717) is 17.1 Å². The predicted molar refractivity (Wildman–Crippen MR) is 93.4 cm³/mol. The maximum Gasteiger partial charge on any atom is 0.334 e. The Morgan fingerprint density at radius 1 is 1.15 bits per heavy atom. The van der Waals surface area contributed by atoms with E-state index in [1.807, 2.05) is 38.1 Å². The van der Waals surface area contributed by atoms with Crippen molar-refractivity contribution in [1.82, 2.24) is 15.1 Å². The van der Waals surface area contributed by atoms with E-state index in [-0.39, 0.29) is 19.7 Å². The van der Waals surface area contributed by atoms with Crippen LogP contribution in [-0.2, 0) is 14.4 Å². The minimum absolute atomic E-state index is 0.183. The van der Waals surface area contributed by atoms with Gasteiger partial charge in [-0.05, 0) is 31.0 Å². The molecule has 1 aliphatic heterocycles. The fraction of sp³-hybridized carbons (Fsp3) is 0.444. The first-order valence-corrected chi connectivity index (χ1v) is 8.57. The van der Waals surface area contributed by atoms with Crippen LogP contribution >= 0.6 is 0 Å². The number of urea groups is 1. The third-order valence-corrected chi connectivity index (χ3v) is 3.85. The van der Waals surface area contributed by atoms with E-state index in [4.69, 9.17) is 4.74 Å². The first-order valence-electron chi connectivity index (χ1n) is 8.57. The van der Waals surface area contributed by atoms with Crippen LogP contribution in [0.2, 0.25) is 0 Å². The number of nitrogens with one attached hydrogen (secondary N) is 1. The molecule has 0 unspecified atom stereocenters. The zero-order valence-corrected chi connectivity index (χ0v) is 15.0. The lowest BCUT2D eigenvalue weighted by Crippen LogP contribution is -2.42. The Kier molecular flexibility index (Phi) is 6.71. The number of hydrogen-bond donors (Lipinski definition) is 1. The van der Waals surface area contributed by atoms with Crippen molar-refractivity contribution >= 4 is 23.8 Å². The largest absolute Gasteiger partial charge is 0.492 e. The first kappa shape index (κ1) is 19.4. The van der Waals surface area contributed by atoms with Crippen molar-refractivity contribution in [3.05, 3.63) is 29.8 Å². The highest BCUT2D eigenvalue weighted by molar-refractivity contribution is 6.45. The number of imide groups is 2. The molecule has 1 N–H and O–H groups in total. The van der Waals surface area contributed by atoms with Gasteiger partial charge in [-0.2, -0.15) is 0 Å². The highest BCUT2D eigenvalue weighted by Gasteiger charge is 2.44. The monoisotopic (exact) mass is 361 g/mol. The molecule has 0 aliphatic carbocycles. The molecule has 140 valence electrons. The first-order chi connectivity index (χ1) is 12.4. The van der Waals surface area contributed by atoms with Gasteiger partial charge in [0.2, 0.25) is 5.91 Å². The Hall–Kier alpha value is -2.90. The molecule has 1 aromatic rings. The topological polar surface area (TPSA) is 96.0 Å². The Labute approximate surface area is 152 Å². The van der Waals surface area contributed by atoms with Gasteiger partial charge in [-0.15, -0.1) is 0 Å². The molecule has 1 fully saturated rings. The van der Waals surface area contributed by atoms with Crippen molar-refractivity contribution in [2.45, 2.75) is 26.7 Å². The number of amides is 5. The summed E-state index contributed by atoms with van der Waals surface area (Å²) in [6.07, 6.45) is 1.40. The molecule has 0 spiro atoms. The van der Waals surface area contributed by atoms with Gasteiger partial charge in [-0.25, -0.2) is 9.69 Å². The van der Waals surface area contributed by atoms with Gasteiger partial charge in [0.25, 0.3) is 0 Å². The second-order valence-corrected chi connectivity index (χ2v) is 6.00. The normalized spacial score (nSPS) is 14.2. The summed E-state index contributed by atoms with van der Waals surface area (Å²) in [5.74, 6) is -1.66. The molecule has 0 atom stereocenters. The van der Waals surface area contributed by atoms with Gasteiger partial charge in [0.1, 0.15) is 18.9 Å². The molecule has 2 rings (SSSR count). The van der Waals surface area contributed by atoms with Crippen molar-refractivity contribution in [3.8, 4) is 5.75 Å². The van der Waals surface area contributed by atoms with Gasteiger partial charge >= 0.3 is 17.8 Å². The SMILES string of the molecule is CCCCN1C(=O)C(=O)N(CC(=O)NCCOc2cccc(C)c2)C1=O. The lowest BCUT2D eigenvalue weighted by molar-refractivity contribution is -0.144. The molecule has 26 heavy (non-hydrogen) atoms. The standard InChI is InChI=1S/C18H23N3O5/c1-3-4-9-20-16(23)17(24)21(18(20)25)12-15(22)19-8-10-26-14-7-5-6-13(2)11-14/h5-7,11H,3-4,8-10,12H2,1-2H3,(H,19,22). The highest BCUT2D eigenvalue weighted by Crippen LogP contribution is 2.13. The van der Waals surface area contributed by atoms with Crippen LogP contribution < -0.4 is 10.1 Å². The Bertz CT molecular complexity index is 704. The summed E-state index contributed by atoms with van der Waals surface area (Å²) in [4.78, 5) is 49.3. The zero-order chi connectivity index (χ0) is 19.1. The second-order valence-electron chi connectivity index (χ2n) is 6.00. The van der Waals surface area contributed by atoms with E-state index in [2.05, 4.69) is 5.32 Å². The van der Waals surface area contributed by atoms with Gasteiger partial charge in [0, 0.05) is 6.54 Å². The van der Waals surface area contributed by atoms with E-state index in [9.17, 15) is 19.2 Å². The Balaban J connectivity index is 1.77. The lowest BCUT2D eigenvalue weighted by atomic mass is 10.2. The van der Waals surface area contributed by atoms with Crippen molar-refractivity contribution in [1.29, 1.82) is 0 Å². The van der Waals surface area contributed by atoms with Gasteiger partial charge in [0.15, 0.2) is 0 Å². The third-order valence-electron chi connectivity index (χ3n) is 3.85. The minimum Gasteiger partial charge on any atom is -0.492 e. The molecule has 0 aromatic heterocycles. The average molecular weight is 361 g/mol. The van der Waals surface area contributed by atoms with Crippen LogP contribution in [0.25, 0.3) is 0 Å². The van der Waals surface area contributed by atoms with E-state index in [1.165, 1.54) is 0 Å². The van der Waals surface area contributed by atoms with Crippen molar-refractivity contribution in [2.24, 2.45) is 0 Å². The maximum atomic E-state index is 12.1.